The Morgan fingerprint density at radius 3 is 2.18 bits per heavy atom. The number of furan rings is 1. The molecule has 7 heteroatoms. The van der Waals surface area contributed by atoms with Crippen molar-refractivity contribution in [3.8, 4) is 22.5 Å². The third-order valence-electron chi connectivity index (χ3n) is 2.84. The van der Waals surface area contributed by atoms with Crippen LogP contribution in [-0.2, 0) is 4.79 Å². The number of aromatic nitrogens is 4. The highest BCUT2D eigenvalue weighted by atomic mass is 16.4. The quantitative estimate of drug-likeness (QED) is 0.736. The Morgan fingerprint density at radius 2 is 1.59 bits per heavy atom. The monoisotopic (exact) mass is 294 g/mol. The molecule has 3 rings (SSSR count). The largest absolute Gasteiger partial charge is 0.478 e. The molecule has 0 amide bonds. The van der Waals surface area contributed by atoms with Gasteiger partial charge in [0.2, 0.25) is 0 Å². The van der Waals surface area contributed by atoms with E-state index < -0.39 is 5.97 Å². The van der Waals surface area contributed by atoms with Crippen LogP contribution in [0.15, 0.2) is 54.0 Å². The molecule has 0 aliphatic heterocycles. The highest BCUT2D eigenvalue weighted by Gasteiger charge is 2.15. The van der Waals surface area contributed by atoms with Gasteiger partial charge in [0, 0.05) is 42.0 Å². The molecule has 0 saturated heterocycles. The Kier molecular flexibility index (Phi) is 3.69. The van der Waals surface area contributed by atoms with Crippen molar-refractivity contribution >= 4 is 12.0 Å². The molecule has 108 valence electrons. The first-order valence-corrected chi connectivity index (χ1v) is 6.29. The number of hydrogen-bond acceptors (Lipinski definition) is 6. The van der Waals surface area contributed by atoms with E-state index in [4.69, 9.17) is 9.52 Å². The van der Waals surface area contributed by atoms with Crippen molar-refractivity contribution in [2.75, 3.05) is 0 Å². The number of nitrogens with zero attached hydrogens (tertiary/aromatic N) is 4. The molecule has 0 unspecified atom stereocenters. The number of carbonyl (C=O) groups is 1. The molecule has 0 aliphatic rings. The van der Waals surface area contributed by atoms with Crippen molar-refractivity contribution in [3.05, 3.63) is 55.3 Å². The highest BCUT2D eigenvalue weighted by molar-refractivity contribution is 5.86. The average molecular weight is 294 g/mol. The minimum absolute atomic E-state index is 0.403. The van der Waals surface area contributed by atoms with Gasteiger partial charge in [-0.1, -0.05) is 0 Å². The molecule has 0 aliphatic carbocycles. The second-order valence-electron chi connectivity index (χ2n) is 4.32. The standard InChI is InChI=1S/C15H10N4O3/c20-14(21)2-1-12-3-13(10-4-16-8-17-5-10)15(22-12)11-6-18-9-19-7-11/h1-9H,(H,20,21)/b2-1+. The summed E-state index contributed by atoms with van der Waals surface area (Å²) < 4.78 is 5.72. The van der Waals surface area contributed by atoms with Crippen molar-refractivity contribution in [3.63, 3.8) is 0 Å². The SMILES string of the molecule is O=C(O)/C=C/c1cc(-c2cncnc2)c(-c2cncnc2)o1. The molecule has 0 aromatic carbocycles. The summed E-state index contributed by atoms with van der Waals surface area (Å²) in [7, 11) is 0. The molecule has 3 aromatic heterocycles. The van der Waals surface area contributed by atoms with E-state index in [2.05, 4.69) is 19.9 Å². The lowest BCUT2D eigenvalue weighted by Crippen LogP contribution is -1.85. The molecule has 0 fully saturated rings. The van der Waals surface area contributed by atoms with Gasteiger partial charge in [0.25, 0.3) is 0 Å². The lowest BCUT2D eigenvalue weighted by molar-refractivity contribution is -0.131. The molecule has 1 N–H and O–H groups in total. The maximum atomic E-state index is 10.6. The van der Waals surface area contributed by atoms with Crippen LogP contribution in [0.25, 0.3) is 28.5 Å². The molecule has 0 atom stereocenters. The fraction of sp³-hybridized carbons (Fsp3) is 0. The molecular formula is C15H10N4O3. The van der Waals surface area contributed by atoms with Crippen molar-refractivity contribution < 1.29 is 14.3 Å². The van der Waals surface area contributed by atoms with Crippen LogP contribution < -0.4 is 0 Å². The van der Waals surface area contributed by atoms with Crippen LogP contribution in [0.4, 0.5) is 0 Å². The number of rotatable bonds is 4. The Bertz CT molecular complexity index is 756. The van der Waals surface area contributed by atoms with E-state index >= 15 is 0 Å². The van der Waals surface area contributed by atoms with Gasteiger partial charge in [0.1, 0.15) is 24.2 Å². The Balaban J connectivity index is 2.12. The minimum atomic E-state index is -1.05. The molecule has 0 saturated carbocycles. The first kappa shape index (κ1) is 13.6. The van der Waals surface area contributed by atoms with Crippen molar-refractivity contribution in [2.24, 2.45) is 0 Å². The Hall–Kier alpha value is -3.35. The Labute approximate surface area is 125 Å². The summed E-state index contributed by atoms with van der Waals surface area (Å²) >= 11 is 0. The minimum Gasteiger partial charge on any atom is -0.478 e. The summed E-state index contributed by atoms with van der Waals surface area (Å²) in [4.78, 5) is 26.5. The summed E-state index contributed by atoms with van der Waals surface area (Å²) in [5.41, 5.74) is 2.16. The topological polar surface area (TPSA) is 102 Å². The van der Waals surface area contributed by atoms with Crippen LogP contribution >= 0.6 is 0 Å². The zero-order chi connectivity index (χ0) is 15.4. The van der Waals surface area contributed by atoms with Crippen LogP contribution in [0.3, 0.4) is 0 Å². The van der Waals surface area contributed by atoms with E-state index in [0.29, 0.717) is 17.1 Å². The van der Waals surface area contributed by atoms with Gasteiger partial charge in [-0.05, 0) is 12.1 Å². The van der Waals surface area contributed by atoms with Crippen LogP contribution in [0.1, 0.15) is 5.76 Å². The number of carboxylic acid groups (broad SMARTS) is 1. The van der Waals surface area contributed by atoms with Crippen LogP contribution in [-0.4, -0.2) is 31.0 Å². The van der Waals surface area contributed by atoms with Gasteiger partial charge in [-0.25, -0.2) is 24.7 Å². The molecule has 0 radical (unpaired) electrons. The van der Waals surface area contributed by atoms with Crippen molar-refractivity contribution in [2.45, 2.75) is 0 Å². The maximum absolute atomic E-state index is 10.6. The average Bonchev–Trinajstić information content (AvgIpc) is 2.99. The molecule has 7 nitrogen and oxygen atoms in total. The summed E-state index contributed by atoms with van der Waals surface area (Å²) in [6, 6.07) is 1.72. The number of hydrogen-bond donors (Lipinski definition) is 1. The van der Waals surface area contributed by atoms with Gasteiger partial charge in [-0.3, -0.25) is 0 Å². The van der Waals surface area contributed by atoms with Gasteiger partial charge in [-0.2, -0.15) is 0 Å². The second-order valence-corrected chi connectivity index (χ2v) is 4.32. The molecule has 3 heterocycles. The van der Waals surface area contributed by atoms with Gasteiger partial charge in [0.05, 0.1) is 5.56 Å². The molecule has 0 bridgehead atoms. The smallest absolute Gasteiger partial charge is 0.328 e. The highest BCUT2D eigenvalue weighted by Crippen LogP contribution is 2.34. The van der Waals surface area contributed by atoms with E-state index in [1.54, 1.807) is 30.9 Å². The Morgan fingerprint density at radius 1 is 1.00 bits per heavy atom. The normalized spacial score (nSPS) is 10.9. The van der Waals surface area contributed by atoms with Gasteiger partial charge >= 0.3 is 5.97 Å². The predicted molar refractivity (Wildman–Crippen MR) is 77.4 cm³/mol. The maximum Gasteiger partial charge on any atom is 0.328 e. The summed E-state index contributed by atoms with van der Waals surface area (Å²) in [5.74, 6) is -0.119. The van der Waals surface area contributed by atoms with Crippen LogP contribution in [0.5, 0.6) is 0 Å². The van der Waals surface area contributed by atoms with E-state index in [1.165, 1.54) is 18.7 Å². The molecule has 3 aromatic rings. The lowest BCUT2D eigenvalue weighted by atomic mass is 10.1. The predicted octanol–water partition coefficient (Wildman–Crippen LogP) is 2.29. The van der Waals surface area contributed by atoms with Crippen LogP contribution in [0.2, 0.25) is 0 Å². The third kappa shape index (κ3) is 2.88. The van der Waals surface area contributed by atoms with E-state index in [-0.39, 0.29) is 0 Å². The summed E-state index contributed by atoms with van der Waals surface area (Å²) in [6.45, 7) is 0. The third-order valence-corrected chi connectivity index (χ3v) is 2.84. The van der Waals surface area contributed by atoms with Gasteiger partial charge < -0.3 is 9.52 Å². The zero-order valence-electron chi connectivity index (χ0n) is 11.2. The van der Waals surface area contributed by atoms with E-state index in [0.717, 1.165) is 17.2 Å². The first-order valence-electron chi connectivity index (χ1n) is 6.29. The van der Waals surface area contributed by atoms with E-state index in [1.807, 2.05) is 0 Å². The number of aliphatic carboxylic acids is 1. The fourth-order valence-corrected chi connectivity index (χ4v) is 1.93. The van der Waals surface area contributed by atoms with Crippen molar-refractivity contribution in [1.29, 1.82) is 0 Å². The zero-order valence-corrected chi connectivity index (χ0v) is 11.2. The van der Waals surface area contributed by atoms with Crippen LogP contribution in [0, 0.1) is 0 Å². The second kappa shape index (κ2) is 5.96. The number of carboxylic acids is 1. The van der Waals surface area contributed by atoms with Gasteiger partial charge in [-0.15, -0.1) is 0 Å². The molecular weight excluding hydrogens is 284 g/mol. The lowest BCUT2D eigenvalue weighted by Gasteiger charge is -2.00. The van der Waals surface area contributed by atoms with E-state index in [9.17, 15) is 4.79 Å². The van der Waals surface area contributed by atoms with Crippen molar-refractivity contribution in [1.82, 2.24) is 19.9 Å². The molecule has 22 heavy (non-hydrogen) atoms. The molecule has 0 spiro atoms. The fourth-order valence-electron chi connectivity index (χ4n) is 1.93. The first-order chi connectivity index (χ1) is 10.7. The summed E-state index contributed by atoms with van der Waals surface area (Å²) in [6.07, 6.45) is 11.8. The summed E-state index contributed by atoms with van der Waals surface area (Å²) in [5, 5.41) is 8.72. The van der Waals surface area contributed by atoms with Gasteiger partial charge in [0.15, 0.2) is 0 Å².